The Morgan fingerprint density at radius 3 is 2.86 bits per heavy atom. The number of rotatable bonds is 3. The van der Waals surface area contributed by atoms with Crippen molar-refractivity contribution in [1.82, 2.24) is 9.78 Å². The van der Waals surface area contributed by atoms with E-state index >= 15 is 0 Å². The molecule has 0 radical (unpaired) electrons. The molecule has 0 fully saturated rings. The smallest absolute Gasteiger partial charge is 0.343 e. The summed E-state index contributed by atoms with van der Waals surface area (Å²) >= 11 is 0. The van der Waals surface area contributed by atoms with Crippen molar-refractivity contribution in [3.63, 3.8) is 0 Å². The summed E-state index contributed by atoms with van der Waals surface area (Å²) < 4.78 is 6.80. The highest BCUT2D eigenvalue weighted by atomic mass is 16.5. The van der Waals surface area contributed by atoms with Crippen molar-refractivity contribution in [2.45, 2.75) is 26.9 Å². The molecule has 1 aromatic carbocycles. The summed E-state index contributed by atoms with van der Waals surface area (Å²) in [5.74, 6) is 0.561. The second-order valence-electron chi connectivity index (χ2n) is 5.41. The standard InChI is InChI=1S/C16H19N3O2/c1-11-5-4-6-13(9-11)10-18-7-8-19-15(18)14(12(2)17-19)16(20)21-3/h4-6,9H,7-8,10H2,1-3H3. The van der Waals surface area contributed by atoms with E-state index in [1.807, 2.05) is 11.6 Å². The fourth-order valence-corrected chi connectivity index (χ4v) is 2.89. The summed E-state index contributed by atoms with van der Waals surface area (Å²) in [6.45, 7) is 6.38. The number of aromatic nitrogens is 2. The van der Waals surface area contributed by atoms with Crippen LogP contribution in [-0.2, 0) is 17.8 Å². The molecule has 0 N–H and O–H groups in total. The summed E-state index contributed by atoms with van der Waals surface area (Å²) in [4.78, 5) is 14.2. The molecule has 2 heterocycles. The van der Waals surface area contributed by atoms with Crippen molar-refractivity contribution >= 4 is 11.8 Å². The molecule has 21 heavy (non-hydrogen) atoms. The van der Waals surface area contributed by atoms with Gasteiger partial charge in [0.05, 0.1) is 19.3 Å². The highest BCUT2D eigenvalue weighted by molar-refractivity contribution is 5.96. The molecule has 5 nitrogen and oxygen atoms in total. The number of methoxy groups -OCH3 is 1. The zero-order chi connectivity index (χ0) is 15.0. The molecule has 3 rings (SSSR count). The lowest BCUT2D eigenvalue weighted by atomic mass is 10.1. The Balaban J connectivity index is 1.94. The van der Waals surface area contributed by atoms with E-state index in [1.54, 1.807) is 0 Å². The lowest BCUT2D eigenvalue weighted by Gasteiger charge is -2.18. The van der Waals surface area contributed by atoms with Gasteiger partial charge in [0, 0.05) is 13.1 Å². The number of fused-ring (bicyclic) bond motifs is 1. The third-order valence-electron chi connectivity index (χ3n) is 3.83. The molecular weight excluding hydrogens is 266 g/mol. The molecule has 1 aromatic heterocycles. The Labute approximate surface area is 124 Å². The van der Waals surface area contributed by atoms with Crippen molar-refractivity contribution in [3.8, 4) is 0 Å². The van der Waals surface area contributed by atoms with E-state index < -0.39 is 0 Å². The minimum absolute atomic E-state index is 0.315. The lowest BCUT2D eigenvalue weighted by molar-refractivity contribution is 0.0600. The highest BCUT2D eigenvalue weighted by Crippen LogP contribution is 2.30. The third-order valence-corrected chi connectivity index (χ3v) is 3.83. The van der Waals surface area contributed by atoms with Gasteiger partial charge < -0.3 is 9.64 Å². The maximum atomic E-state index is 12.0. The molecule has 2 aromatic rings. The van der Waals surface area contributed by atoms with Gasteiger partial charge in [-0.2, -0.15) is 5.10 Å². The van der Waals surface area contributed by atoms with Crippen LogP contribution in [0.3, 0.4) is 0 Å². The molecule has 1 aliphatic heterocycles. The van der Waals surface area contributed by atoms with E-state index in [9.17, 15) is 4.79 Å². The first-order valence-corrected chi connectivity index (χ1v) is 7.06. The van der Waals surface area contributed by atoms with Crippen LogP contribution in [-0.4, -0.2) is 29.4 Å². The first kappa shape index (κ1) is 13.7. The largest absolute Gasteiger partial charge is 0.465 e. The Hall–Kier alpha value is -2.30. The number of aryl methyl sites for hydroxylation is 2. The van der Waals surface area contributed by atoms with Crippen LogP contribution < -0.4 is 4.90 Å². The minimum atomic E-state index is -0.315. The number of hydrogen-bond donors (Lipinski definition) is 0. The molecule has 0 saturated carbocycles. The van der Waals surface area contributed by atoms with E-state index in [4.69, 9.17) is 4.74 Å². The molecule has 1 aliphatic rings. The number of anilines is 1. The van der Waals surface area contributed by atoms with E-state index in [1.165, 1.54) is 18.2 Å². The van der Waals surface area contributed by atoms with Crippen LogP contribution in [0.4, 0.5) is 5.82 Å². The van der Waals surface area contributed by atoms with Crippen molar-refractivity contribution in [3.05, 3.63) is 46.6 Å². The molecule has 110 valence electrons. The average molecular weight is 285 g/mol. The van der Waals surface area contributed by atoms with Crippen LogP contribution in [0.15, 0.2) is 24.3 Å². The van der Waals surface area contributed by atoms with Crippen LogP contribution in [0.1, 0.15) is 27.2 Å². The minimum Gasteiger partial charge on any atom is -0.465 e. The second kappa shape index (κ2) is 5.24. The van der Waals surface area contributed by atoms with Gasteiger partial charge >= 0.3 is 5.97 Å². The quantitative estimate of drug-likeness (QED) is 0.812. The SMILES string of the molecule is COC(=O)c1c(C)nn2c1N(Cc1cccc(C)c1)CC2. The monoisotopic (exact) mass is 285 g/mol. The Morgan fingerprint density at radius 1 is 1.33 bits per heavy atom. The number of nitrogens with zero attached hydrogens (tertiary/aromatic N) is 3. The number of ether oxygens (including phenoxy) is 1. The maximum absolute atomic E-state index is 12.0. The molecule has 0 aliphatic carbocycles. The number of hydrogen-bond acceptors (Lipinski definition) is 4. The zero-order valence-corrected chi connectivity index (χ0v) is 12.6. The Morgan fingerprint density at radius 2 is 2.14 bits per heavy atom. The summed E-state index contributed by atoms with van der Waals surface area (Å²) in [6.07, 6.45) is 0. The first-order valence-electron chi connectivity index (χ1n) is 7.06. The average Bonchev–Trinajstić information content (AvgIpc) is 2.97. The Bertz CT molecular complexity index is 691. The molecule has 0 bridgehead atoms. The normalized spacial score (nSPS) is 13.4. The van der Waals surface area contributed by atoms with E-state index in [2.05, 4.69) is 41.2 Å². The number of benzene rings is 1. The van der Waals surface area contributed by atoms with Gasteiger partial charge in [-0.05, 0) is 19.4 Å². The molecule has 5 heteroatoms. The van der Waals surface area contributed by atoms with Gasteiger partial charge in [-0.15, -0.1) is 0 Å². The molecule has 0 saturated heterocycles. The van der Waals surface area contributed by atoms with E-state index in [-0.39, 0.29) is 5.97 Å². The number of esters is 1. The topological polar surface area (TPSA) is 47.4 Å². The van der Waals surface area contributed by atoms with Gasteiger partial charge in [-0.3, -0.25) is 0 Å². The van der Waals surface area contributed by atoms with Gasteiger partial charge in [-0.25, -0.2) is 9.48 Å². The molecule has 0 amide bonds. The van der Waals surface area contributed by atoms with Crippen molar-refractivity contribution in [2.75, 3.05) is 18.6 Å². The molecule has 0 atom stereocenters. The number of carbonyl (C=O) groups excluding carboxylic acids is 1. The van der Waals surface area contributed by atoms with Gasteiger partial charge in [0.1, 0.15) is 11.4 Å². The molecule has 0 spiro atoms. The van der Waals surface area contributed by atoms with E-state index in [0.29, 0.717) is 5.56 Å². The van der Waals surface area contributed by atoms with Crippen LogP contribution >= 0.6 is 0 Å². The summed E-state index contributed by atoms with van der Waals surface area (Å²) in [5, 5.41) is 4.44. The van der Waals surface area contributed by atoms with Crippen LogP contribution in [0.5, 0.6) is 0 Å². The van der Waals surface area contributed by atoms with Gasteiger partial charge in [0.15, 0.2) is 0 Å². The predicted molar refractivity (Wildman–Crippen MR) is 80.5 cm³/mol. The third kappa shape index (κ3) is 2.39. The van der Waals surface area contributed by atoms with Gasteiger partial charge in [0.25, 0.3) is 0 Å². The van der Waals surface area contributed by atoms with Crippen molar-refractivity contribution in [2.24, 2.45) is 0 Å². The van der Waals surface area contributed by atoms with Crippen LogP contribution in [0, 0.1) is 13.8 Å². The maximum Gasteiger partial charge on any atom is 0.343 e. The van der Waals surface area contributed by atoms with Gasteiger partial charge in [0.2, 0.25) is 0 Å². The van der Waals surface area contributed by atoms with Crippen molar-refractivity contribution in [1.29, 1.82) is 0 Å². The van der Waals surface area contributed by atoms with Gasteiger partial charge in [-0.1, -0.05) is 29.8 Å². The lowest BCUT2D eigenvalue weighted by Crippen LogP contribution is -2.22. The predicted octanol–water partition coefficient (Wildman–Crippen LogP) is 2.31. The summed E-state index contributed by atoms with van der Waals surface area (Å²) in [6, 6.07) is 8.42. The van der Waals surface area contributed by atoms with Crippen molar-refractivity contribution < 1.29 is 9.53 Å². The first-order chi connectivity index (χ1) is 10.1. The van der Waals surface area contributed by atoms with Crippen LogP contribution in [0.2, 0.25) is 0 Å². The van der Waals surface area contributed by atoms with E-state index in [0.717, 1.165) is 31.1 Å². The summed E-state index contributed by atoms with van der Waals surface area (Å²) in [7, 11) is 1.41. The fraction of sp³-hybridized carbons (Fsp3) is 0.375. The molecule has 0 unspecified atom stereocenters. The molecular formula is C16H19N3O2. The second-order valence-corrected chi connectivity index (χ2v) is 5.41. The fourth-order valence-electron chi connectivity index (χ4n) is 2.89. The zero-order valence-electron chi connectivity index (χ0n) is 12.6. The Kier molecular flexibility index (Phi) is 3.41. The number of carbonyl (C=O) groups is 1. The van der Waals surface area contributed by atoms with Crippen LogP contribution in [0.25, 0.3) is 0 Å². The highest BCUT2D eigenvalue weighted by Gasteiger charge is 2.30. The summed E-state index contributed by atoms with van der Waals surface area (Å²) in [5.41, 5.74) is 3.79.